The summed E-state index contributed by atoms with van der Waals surface area (Å²) in [5.74, 6) is 0. The summed E-state index contributed by atoms with van der Waals surface area (Å²) in [6, 6.07) is 0. The van der Waals surface area contributed by atoms with Crippen LogP contribution in [0.5, 0.6) is 0 Å². The van der Waals surface area contributed by atoms with Crippen LogP contribution < -0.4 is 17.0 Å². The van der Waals surface area contributed by atoms with E-state index in [9.17, 15) is 0 Å². The predicted octanol–water partition coefficient (Wildman–Crippen LogP) is 3.12. The molecule has 0 amide bonds. The van der Waals surface area contributed by atoms with Crippen molar-refractivity contribution in [1.82, 2.24) is 0 Å². The fourth-order valence-electron chi connectivity index (χ4n) is 2.65. The number of nitrogens with zero attached hydrogens (tertiary/aromatic N) is 1. The molecule has 0 fully saturated rings. The summed E-state index contributed by atoms with van der Waals surface area (Å²) in [7, 11) is 4.51. The average Bonchev–Trinajstić information content (AvgIpc) is 2.44. The molecule has 0 rings (SSSR count). The van der Waals surface area contributed by atoms with Gasteiger partial charge in [-0.15, -0.1) is 0 Å². The fraction of sp³-hybridized carbons (Fsp3) is 0.800. The Morgan fingerprint density at radius 3 is 1.73 bits per heavy atom. The Morgan fingerprint density at radius 2 is 1.23 bits per heavy atom. The quantitative estimate of drug-likeness (QED) is 0.235. The summed E-state index contributed by atoms with van der Waals surface area (Å²) in [5.41, 5.74) is 0. The molecule has 0 unspecified atom stereocenters. The molecule has 0 saturated heterocycles. The van der Waals surface area contributed by atoms with Gasteiger partial charge in [0.05, 0.1) is 27.2 Å². The lowest BCUT2D eigenvalue weighted by Crippen LogP contribution is -3.00. The maximum Gasteiger partial charge on any atom is 0.0972 e. The number of likely N-dealkylation sites (N-methyl/N-ethyl adjacent to an activating group) is 1. The zero-order valence-electron chi connectivity index (χ0n) is 15.5. The van der Waals surface area contributed by atoms with E-state index < -0.39 is 0 Å². The highest BCUT2D eigenvalue weighted by Crippen LogP contribution is 2.11. The number of hydrogen-bond donors (Lipinski definition) is 0. The zero-order chi connectivity index (χ0) is 15.8. The average molecular weight is 374 g/mol. The molecule has 0 saturated carbocycles. The van der Waals surface area contributed by atoms with Crippen molar-refractivity contribution in [3.05, 3.63) is 24.8 Å². The molecule has 1 nitrogen and oxygen atoms in total. The van der Waals surface area contributed by atoms with E-state index in [1.165, 1.54) is 70.6 Å². The van der Waals surface area contributed by atoms with Crippen molar-refractivity contribution in [3.63, 3.8) is 0 Å². The van der Waals surface area contributed by atoms with E-state index >= 15 is 0 Å². The van der Waals surface area contributed by atoms with Gasteiger partial charge in [0.15, 0.2) is 0 Å². The Morgan fingerprint density at radius 1 is 0.727 bits per heavy atom. The van der Waals surface area contributed by atoms with Gasteiger partial charge in [0, 0.05) is 0 Å². The van der Waals surface area contributed by atoms with Gasteiger partial charge in [-0.05, 0) is 25.0 Å². The minimum absolute atomic E-state index is 0. The van der Waals surface area contributed by atoms with E-state index in [0.717, 1.165) is 17.6 Å². The van der Waals surface area contributed by atoms with Crippen LogP contribution in [0.1, 0.15) is 77.6 Å². The number of halogens is 1. The highest BCUT2D eigenvalue weighted by molar-refractivity contribution is 4.82. The largest absolute Gasteiger partial charge is 1.00 e. The topological polar surface area (TPSA) is 0 Å². The second-order valence-electron chi connectivity index (χ2n) is 7.03. The van der Waals surface area contributed by atoms with Crippen molar-refractivity contribution in [3.8, 4) is 0 Å². The predicted molar refractivity (Wildman–Crippen MR) is 97.6 cm³/mol. The monoisotopic (exact) mass is 373 g/mol. The van der Waals surface area contributed by atoms with Gasteiger partial charge in [-0.1, -0.05) is 77.4 Å². The molecule has 22 heavy (non-hydrogen) atoms. The van der Waals surface area contributed by atoms with Crippen LogP contribution in [0.25, 0.3) is 0 Å². The van der Waals surface area contributed by atoms with Gasteiger partial charge >= 0.3 is 0 Å². The van der Waals surface area contributed by atoms with Crippen molar-refractivity contribution in [1.29, 1.82) is 0 Å². The lowest BCUT2D eigenvalue weighted by molar-refractivity contribution is -0.878. The normalized spacial score (nSPS) is 11.6. The van der Waals surface area contributed by atoms with Gasteiger partial charge < -0.3 is 21.5 Å². The Kier molecular flexibility index (Phi) is 19.0. The molecule has 0 bridgehead atoms. The Balaban J connectivity index is 0. The molecule has 0 aromatic carbocycles. The van der Waals surface area contributed by atoms with Crippen LogP contribution in [0.2, 0.25) is 0 Å². The second-order valence-corrected chi connectivity index (χ2v) is 7.03. The molecular weight excluding hydrogens is 334 g/mol. The van der Waals surface area contributed by atoms with Gasteiger partial charge in [0.25, 0.3) is 0 Å². The van der Waals surface area contributed by atoms with Crippen molar-refractivity contribution in [2.24, 2.45) is 0 Å². The SMILES string of the molecule is C=CC[N+](C)(C)CC=CCCCCCCCCCCCC.[Br-]. The van der Waals surface area contributed by atoms with Gasteiger partial charge in [-0.2, -0.15) is 0 Å². The van der Waals surface area contributed by atoms with Crippen LogP contribution in [-0.2, 0) is 0 Å². The molecule has 0 aliphatic rings. The summed E-state index contributed by atoms with van der Waals surface area (Å²) >= 11 is 0. The third kappa shape index (κ3) is 18.0. The summed E-state index contributed by atoms with van der Waals surface area (Å²) in [4.78, 5) is 0. The first kappa shape index (κ1) is 24.2. The highest BCUT2D eigenvalue weighted by atomic mass is 79.9. The van der Waals surface area contributed by atoms with E-state index in [4.69, 9.17) is 0 Å². The summed E-state index contributed by atoms with van der Waals surface area (Å²) in [6.45, 7) is 8.26. The molecular formula is C20H40BrN. The molecule has 0 heterocycles. The van der Waals surface area contributed by atoms with Gasteiger partial charge in [0.2, 0.25) is 0 Å². The zero-order valence-corrected chi connectivity index (χ0v) is 17.0. The Hall–Kier alpha value is -0.0800. The fourth-order valence-corrected chi connectivity index (χ4v) is 2.65. The van der Waals surface area contributed by atoms with Crippen LogP contribution in [0.4, 0.5) is 0 Å². The van der Waals surface area contributed by atoms with E-state index in [-0.39, 0.29) is 17.0 Å². The molecule has 132 valence electrons. The Bertz CT molecular complexity index is 258. The molecule has 0 aromatic heterocycles. The van der Waals surface area contributed by atoms with E-state index in [0.29, 0.717) is 0 Å². The molecule has 0 aromatic rings. The second kappa shape index (κ2) is 17.3. The third-order valence-corrected chi connectivity index (χ3v) is 4.11. The molecule has 0 aliphatic heterocycles. The first-order valence-electron chi connectivity index (χ1n) is 9.20. The van der Waals surface area contributed by atoms with Crippen molar-refractivity contribution < 1.29 is 21.5 Å². The first-order chi connectivity index (χ1) is 10.1. The minimum atomic E-state index is 0. The van der Waals surface area contributed by atoms with Crippen LogP contribution in [-0.4, -0.2) is 31.7 Å². The number of quaternary nitrogens is 1. The molecule has 0 N–H and O–H groups in total. The van der Waals surface area contributed by atoms with Gasteiger partial charge in [-0.25, -0.2) is 0 Å². The van der Waals surface area contributed by atoms with E-state index in [2.05, 4.69) is 39.8 Å². The number of rotatable bonds is 15. The Labute approximate surface area is 151 Å². The molecule has 0 atom stereocenters. The molecule has 0 spiro atoms. The van der Waals surface area contributed by atoms with Gasteiger partial charge in [0.1, 0.15) is 0 Å². The lowest BCUT2D eigenvalue weighted by atomic mass is 10.1. The van der Waals surface area contributed by atoms with Crippen molar-refractivity contribution in [2.75, 3.05) is 27.2 Å². The smallest absolute Gasteiger partial charge is 0.0972 e. The van der Waals surface area contributed by atoms with Crippen molar-refractivity contribution in [2.45, 2.75) is 77.6 Å². The summed E-state index contributed by atoms with van der Waals surface area (Å²) < 4.78 is 1.01. The van der Waals surface area contributed by atoms with Crippen LogP contribution in [0, 0.1) is 0 Å². The maximum absolute atomic E-state index is 3.82. The number of allylic oxidation sites excluding steroid dienone is 1. The molecule has 2 heteroatoms. The maximum atomic E-state index is 3.82. The first-order valence-corrected chi connectivity index (χ1v) is 9.20. The number of hydrogen-bond acceptors (Lipinski definition) is 0. The van der Waals surface area contributed by atoms with Gasteiger partial charge in [-0.3, -0.25) is 0 Å². The van der Waals surface area contributed by atoms with Crippen LogP contribution >= 0.6 is 0 Å². The molecule has 0 aliphatic carbocycles. The summed E-state index contributed by atoms with van der Waals surface area (Å²) in [6.07, 6.45) is 22.2. The third-order valence-electron chi connectivity index (χ3n) is 4.11. The van der Waals surface area contributed by atoms with Crippen molar-refractivity contribution >= 4 is 0 Å². The standard InChI is InChI=1S/C20H40N.BrH/c1-5-7-8-9-10-11-12-13-14-15-16-17-18-20-21(3,4)19-6-2;/h6,17-18H,2,5,7-16,19-20H2,1,3-4H3;1H/q+1;/p-1. The number of unbranched alkanes of at least 4 members (excludes halogenated alkanes) is 10. The summed E-state index contributed by atoms with van der Waals surface area (Å²) in [5, 5.41) is 0. The molecule has 0 radical (unpaired) electrons. The minimum Gasteiger partial charge on any atom is -1.00 e. The van der Waals surface area contributed by atoms with Crippen LogP contribution in [0.15, 0.2) is 24.8 Å². The van der Waals surface area contributed by atoms with E-state index in [1.54, 1.807) is 0 Å². The van der Waals surface area contributed by atoms with Crippen LogP contribution in [0.3, 0.4) is 0 Å². The highest BCUT2D eigenvalue weighted by Gasteiger charge is 2.08. The van der Waals surface area contributed by atoms with E-state index in [1.807, 2.05) is 6.08 Å². The lowest BCUT2D eigenvalue weighted by Gasteiger charge is -2.26.